The van der Waals surface area contributed by atoms with E-state index in [1.807, 2.05) is 0 Å². The van der Waals surface area contributed by atoms with Crippen molar-refractivity contribution < 1.29 is 13.2 Å². The molecule has 0 saturated carbocycles. The van der Waals surface area contributed by atoms with Crippen molar-refractivity contribution in [2.24, 2.45) is 5.84 Å². The minimum atomic E-state index is -0.871. The molecule has 96 valence electrons. The van der Waals surface area contributed by atoms with Gasteiger partial charge in [0, 0.05) is 0 Å². The third-order valence-corrected chi connectivity index (χ3v) is 2.99. The summed E-state index contributed by atoms with van der Waals surface area (Å²) in [6.07, 6.45) is 0.396. The van der Waals surface area contributed by atoms with Crippen LogP contribution in [-0.4, -0.2) is 0 Å². The molecule has 1 atom stereocenters. The second-order valence-corrected chi connectivity index (χ2v) is 4.60. The predicted molar refractivity (Wildman–Crippen MR) is 66.5 cm³/mol. The van der Waals surface area contributed by atoms with Gasteiger partial charge >= 0.3 is 0 Å². The highest BCUT2D eigenvalue weighted by molar-refractivity contribution is 9.10. The van der Waals surface area contributed by atoms with Crippen molar-refractivity contribution in [1.82, 2.24) is 5.43 Å². The normalized spacial score (nSPS) is 12.7. The Bertz CT molecular complexity index is 545. The van der Waals surface area contributed by atoms with E-state index < -0.39 is 11.6 Å². The fraction of sp³-hybridized carbons (Fsp3) is 0.167. The molecule has 3 N–H and O–H groups in total. The largest absolute Gasteiger partial charge is 0.453 e. The van der Waals surface area contributed by atoms with Crippen LogP contribution < -0.4 is 11.3 Å². The zero-order valence-electron chi connectivity index (χ0n) is 9.29. The van der Waals surface area contributed by atoms with E-state index in [4.69, 9.17) is 10.3 Å². The smallest absolute Gasteiger partial charge is 0.169 e. The summed E-state index contributed by atoms with van der Waals surface area (Å²) in [6, 6.07) is 6.95. The summed E-state index contributed by atoms with van der Waals surface area (Å²) in [5.74, 6) is 4.32. The maximum absolute atomic E-state index is 13.1. The molecule has 0 saturated heterocycles. The van der Waals surface area contributed by atoms with E-state index in [-0.39, 0.29) is 6.04 Å². The molecule has 0 aliphatic heterocycles. The molecule has 1 aromatic heterocycles. The van der Waals surface area contributed by atoms with Crippen LogP contribution in [0.5, 0.6) is 0 Å². The molecule has 0 spiro atoms. The van der Waals surface area contributed by atoms with Gasteiger partial charge in [-0.1, -0.05) is 6.07 Å². The molecule has 1 aromatic carbocycles. The first-order chi connectivity index (χ1) is 8.60. The van der Waals surface area contributed by atoms with Crippen LogP contribution in [0.1, 0.15) is 17.4 Å². The minimum Gasteiger partial charge on any atom is -0.453 e. The number of rotatable bonds is 4. The maximum atomic E-state index is 13.1. The first-order valence-corrected chi connectivity index (χ1v) is 6.04. The molecule has 3 nitrogen and oxygen atoms in total. The van der Waals surface area contributed by atoms with Gasteiger partial charge in [0.25, 0.3) is 0 Å². The average molecular weight is 317 g/mol. The summed E-state index contributed by atoms with van der Waals surface area (Å²) in [4.78, 5) is 0. The van der Waals surface area contributed by atoms with E-state index in [1.165, 1.54) is 6.07 Å². The number of halogens is 3. The quantitative estimate of drug-likeness (QED) is 0.673. The Morgan fingerprint density at radius 2 is 2.00 bits per heavy atom. The van der Waals surface area contributed by atoms with Gasteiger partial charge in [0.05, 0.1) is 6.04 Å². The molecule has 0 radical (unpaired) electrons. The minimum absolute atomic E-state index is 0.304. The summed E-state index contributed by atoms with van der Waals surface area (Å²) in [6.45, 7) is 0. The molecule has 1 unspecified atom stereocenters. The lowest BCUT2D eigenvalue weighted by molar-refractivity contribution is 0.404. The first-order valence-electron chi connectivity index (χ1n) is 5.25. The number of benzene rings is 1. The lowest BCUT2D eigenvalue weighted by Crippen LogP contribution is -2.29. The second-order valence-electron chi connectivity index (χ2n) is 3.81. The van der Waals surface area contributed by atoms with Crippen molar-refractivity contribution in [3.05, 3.63) is 58.0 Å². The SMILES string of the molecule is NNC(Cc1ccc(F)c(F)c1)c1ccc(Br)o1. The van der Waals surface area contributed by atoms with Gasteiger partial charge in [0.1, 0.15) is 5.76 Å². The van der Waals surface area contributed by atoms with Crippen molar-refractivity contribution in [1.29, 1.82) is 0 Å². The molecule has 6 heteroatoms. The van der Waals surface area contributed by atoms with Crippen LogP contribution in [0.25, 0.3) is 0 Å². The summed E-state index contributed by atoms with van der Waals surface area (Å²) < 4.78 is 31.8. The van der Waals surface area contributed by atoms with Gasteiger partial charge in [-0.15, -0.1) is 0 Å². The van der Waals surface area contributed by atoms with Crippen molar-refractivity contribution in [2.45, 2.75) is 12.5 Å². The Balaban J connectivity index is 2.17. The zero-order valence-corrected chi connectivity index (χ0v) is 10.9. The van der Waals surface area contributed by atoms with Gasteiger partial charge in [-0.3, -0.25) is 5.84 Å². The highest BCUT2D eigenvalue weighted by Gasteiger charge is 2.15. The number of hydrazine groups is 1. The molecular formula is C12H11BrF2N2O. The van der Waals surface area contributed by atoms with Crippen LogP contribution in [0.3, 0.4) is 0 Å². The van der Waals surface area contributed by atoms with E-state index in [2.05, 4.69) is 21.4 Å². The molecule has 0 aliphatic carbocycles. The van der Waals surface area contributed by atoms with Crippen LogP contribution in [0.15, 0.2) is 39.4 Å². The maximum Gasteiger partial charge on any atom is 0.169 e. The van der Waals surface area contributed by atoms with Gasteiger partial charge in [-0.05, 0) is 52.2 Å². The van der Waals surface area contributed by atoms with Gasteiger partial charge in [-0.25, -0.2) is 14.2 Å². The predicted octanol–water partition coefficient (Wildman–Crippen LogP) is 3.07. The van der Waals surface area contributed by atoms with Crippen LogP contribution in [0.2, 0.25) is 0 Å². The molecule has 18 heavy (non-hydrogen) atoms. The van der Waals surface area contributed by atoms with E-state index in [9.17, 15) is 8.78 Å². The third-order valence-electron chi connectivity index (χ3n) is 2.56. The summed E-state index contributed by atoms with van der Waals surface area (Å²) in [5, 5.41) is 0. The number of hydrogen-bond donors (Lipinski definition) is 2. The fourth-order valence-corrected chi connectivity index (χ4v) is 1.98. The highest BCUT2D eigenvalue weighted by atomic mass is 79.9. The van der Waals surface area contributed by atoms with E-state index in [1.54, 1.807) is 12.1 Å². The zero-order chi connectivity index (χ0) is 13.1. The van der Waals surface area contributed by atoms with E-state index in [0.717, 1.165) is 12.1 Å². The fourth-order valence-electron chi connectivity index (χ4n) is 1.66. The van der Waals surface area contributed by atoms with Crippen LogP contribution in [0, 0.1) is 11.6 Å². The summed E-state index contributed by atoms with van der Waals surface area (Å²) in [7, 11) is 0. The van der Waals surface area contributed by atoms with Gasteiger partial charge in [-0.2, -0.15) is 0 Å². The molecule has 0 amide bonds. The topological polar surface area (TPSA) is 51.2 Å². The summed E-state index contributed by atoms with van der Waals surface area (Å²) >= 11 is 3.19. The Morgan fingerprint density at radius 1 is 1.22 bits per heavy atom. The number of nitrogens with one attached hydrogen (secondary N) is 1. The van der Waals surface area contributed by atoms with Gasteiger partial charge in [0.15, 0.2) is 16.3 Å². The number of furan rings is 1. The molecule has 0 bridgehead atoms. The Hall–Kier alpha value is -1.24. The Labute approximate surface area is 111 Å². The van der Waals surface area contributed by atoms with Crippen molar-refractivity contribution >= 4 is 15.9 Å². The number of nitrogens with two attached hydrogens (primary N) is 1. The van der Waals surface area contributed by atoms with Gasteiger partial charge in [0.2, 0.25) is 0 Å². The monoisotopic (exact) mass is 316 g/mol. The standard InChI is InChI=1S/C12H11BrF2N2O/c13-12-4-3-11(18-12)10(17-16)6-7-1-2-8(14)9(15)5-7/h1-5,10,17H,6,16H2. The lowest BCUT2D eigenvalue weighted by Gasteiger charge is -2.13. The Morgan fingerprint density at radius 3 is 2.56 bits per heavy atom. The van der Waals surface area contributed by atoms with E-state index >= 15 is 0 Å². The van der Waals surface area contributed by atoms with Crippen LogP contribution in [0.4, 0.5) is 8.78 Å². The van der Waals surface area contributed by atoms with Crippen molar-refractivity contribution in [2.75, 3.05) is 0 Å². The number of hydrogen-bond acceptors (Lipinski definition) is 3. The van der Waals surface area contributed by atoms with E-state index in [0.29, 0.717) is 22.4 Å². The lowest BCUT2D eigenvalue weighted by atomic mass is 10.0. The molecule has 0 aliphatic rings. The molecule has 1 heterocycles. The van der Waals surface area contributed by atoms with Gasteiger partial charge < -0.3 is 4.42 Å². The molecular weight excluding hydrogens is 306 g/mol. The second kappa shape index (κ2) is 5.60. The Kier molecular flexibility index (Phi) is 4.11. The van der Waals surface area contributed by atoms with Crippen molar-refractivity contribution in [3.63, 3.8) is 0 Å². The molecule has 2 aromatic rings. The molecule has 2 rings (SSSR count). The third kappa shape index (κ3) is 2.95. The first kappa shape index (κ1) is 13.2. The van der Waals surface area contributed by atoms with Crippen LogP contribution in [-0.2, 0) is 6.42 Å². The summed E-state index contributed by atoms with van der Waals surface area (Å²) in [5.41, 5.74) is 3.21. The van der Waals surface area contributed by atoms with Crippen molar-refractivity contribution in [3.8, 4) is 0 Å². The highest BCUT2D eigenvalue weighted by Crippen LogP contribution is 2.23. The van der Waals surface area contributed by atoms with Crippen LogP contribution >= 0.6 is 15.9 Å². The average Bonchev–Trinajstić information content (AvgIpc) is 2.77. The molecule has 0 fully saturated rings.